The Morgan fingerprint density at radius 2 is 2.25 bits per heavy atom. The SMILES string of the molecule is CC(C)Cc1ccc(C#N)nc1. The summed E-state index contributed by atoms with van der Waals surface area (Å²) in [5.74, 6) is 0.639. The first-order valence-corrected chi connectivity index (χ1v) is 4.07. The van der Waals surface area contributed by atoms with Crippen molar-refractivity contribution in [2.75, 3.05) is 0 Å². The molecule has 2 heteroatoms. The topological polar surface area (TPSA) is 36.7 Å². The molecule has 62 valence electrons. The maximum atomic E-state index is 8.50. The van der Waals surface area contributed by atoms with Gasteiger partial charge in [0.2, 0.25) is 0 Å². The van der Waals surface area contributed by atoms with Crippen LogP contribution in [0.2, 0.25) is 0 Å². The second kappa shape index (κ2) is 3.87. The van der Waals surface area contributed by atoms with Crippen LogP contribution in [0.25, 0.3) is 0 Å². The summed E-state index contributed by atoms with van der Waals surface area (Å²) >= 11 is 0. The Bertz CT molecular complexity index is 280. The number of rotatable bonds is 2. The Labute approximate surface area is 72.9 Å². The molecular formula is C10H12N2. The van der Waals surface area contributed by atoms with Crippen LogP contribution in [0.15, 0.2) is 18.3 Å². The minimum Gasteiger partial charge on any atom is -0.245 e. The van der Waals surface area contributed by atoms with E-state index in [4.69, 9.17) is 5.26 Å². The third-order valence-electron chi connectivity index (χ3n) is 1.58. The van der Waals surface area contributed by atoms with Crippen molar-refractivity contribution in [3.05, 3.63) is 29.6 Å². The molecule has 0 N–H and O–H groups in total. The van der Waals surface area contributed by atoms with Crippen LogP contribution in [0.4, 0.5) is 0 Å². The van der Waals surface area contributed by atoms with Crippen LogP contribution in [-0.4, -0.2) is 4.98 Å². The van der Waals surface area contributed by atoms with Crippen molar-refractivity contribution in [3.63, 3.8) is 0 Å². The number of pyridine rings is 1. The summed E-state index contributed by atoms with van der Waals surface area (Å²) in [7, 11) is 0. The predicted octanol–water partition coefficient (Wildman–Crippen LogP) is 2.15. The molecule has 0 aliphatic carbocycles. The number of nitriles is 1. The molecule has 0 aliphatic heterocycles. The van der Waals surface area contributed by atoms with Gasteiger partial charge in [0.05, 0.1) is 0 Å². The average molecular weight is 160 g/mol. The zero-order valence-electron chi connectivity index (χ0n) is 7.41. The van der Waals surface area contributed by atoms with Crippen molar-refractivity contribution in [2.24, 2.45) is 5.92 Å². The van der Waals surface area contributed by atoms with E-state index in [2.05, 4.69) is 18.8 Å². The van der Waals surface area contributed by atoms with Gasteiger partial charge < -0.3 is 0 Å². The highest BCUT2D eigenvalue weighted by atomic mass is 14.7. The fourth-order valence-corrected chi connectivity index (χ4v) is 1.08. The van der Waals surface area contributed by atoms with Gasteiger partial charge in [-0.1, -0.05) is 19.9 Å². The lowest BCUT2D eigenvalue weighted by Crippen LogP contribution is -1.95. The molecule has 0 bridgehead atoms. The predicted molar refractivity (Wildman–Crippen MR) is 47.5 cm³/mol. The molecule has 0 aromatic carbocycles. The standard InChI is InChI=1S/C10H12N2/c1-8(2)5-9-3-4-10(6-11)12-7-9/h3-4,7-8H,5H2,1-2H3. The smallest absolute Gasteiger partial charge is 0.140 e. The van der Waals surface area contributed by atoms with Crippen LogP contribution >= 0.6 is 0 Å². The average Bonchev–Trinajstić information content (AvgIpc) is 2.05. The second-order valence-corrected chi connectivity index (χ2v) is 3.26. The Hall–Kier alpha value is -1.36. The molecule has 0 amide bonds. The van der Waals surface area contributed by atoms with E-state index < -0.39 is 0 Å². The van der Waals surface area contributed by atoms with Crippen molar-refractivity contribution in [2.45, 2.75) is 20.3 Å². The van der Waals surface area contributed by atoms with Gasteiger partial charge in [-0.05, 0) is 24.0 Å². The molecule has 0 atom stereocenters. The lowest BCUT2D eigenvalue weighted by Gasteiger charge is -2.02. The zero-order chi connectivity index (χ0) is 8.97. The fourth-order valence-electron chi connectivity index (χ4n) is 1.08. The number of aromatic nitrogens is 1. The van der Waals surface area contributed by atoms with Crippen molar-refractivity contribution < 1.29 is 0 Å². The highest BCUT2D eigenvalue weighted by molar-refractivity contribution is 5.23. The van der Waals surface area contributed by atoms with Gasteiger partial charge >= 0.3 is 0 Å². The normalized spacial score (nSPS) is 9.83. The van der Waals surface area contributed by atoms with E-state index in [-0.39, 0.29) is 0 Å². The zero-order valence-corrected chi connectivity index (χ0v) is 7.41. The van der Waals surface area contributed by atoms with E-state index in [0.717, 1.165) is 6.42 Å². The third-order valence-corrected chi connectivity index (χ3v) is 1.58. The first-order valence-electron chi connectivity index (χ1n) is 4.07. The largest absolute Gasteiger partial charge is 0.245 e. The van der Waals surface area contributed by atoms with Gasteiger partial charge in [0, 0.05) is 6.20 Å². The van der Waals surface area contributed by atoms with Crippen molar-refractivity contribution in [1.82, 2.24) is 4.98 Å². The van der Waals surface area contributed by atoms with E-state index >= 15 is 0 Å². The van der Waals surface area contributed by atoms with Crippen LogP contribution in [-0.2, 0) is 6.42 Å². The first-order chi connectivity index (χ1) is 5.72. The van der Waals surface area contributed by atoms with E-state index in [1.165, 1.54) is 5.56 Å². The number of nitrogens with zero attached hydrogens (tertiary/aromatic N) is 2. The van der Waals surface area contributed by atoms with Gasteiger partial charge in [-0.25, -0.2) is 4.98 Å². The molecule has 0 radical (unpaired) electrons. The Balaban J connectivity index is 2.73. The Morgan fingerprint density at radius 1 is 1.50 bits per heavy atom. The molecule has 1 heterocycles. The molecular weight excluding hydrogens is 148 g/mol. The molecule has 0 spiro atoms. The molecule has 2 nitrogen and oxygen atoms in total. The number of hydrogen-bond acceptors (Lipinski definition) is 2. The van der Waals surface area contributed by atoms with Gasteiger partial charge in [0.1, 0.15) is 11.8 Å². The van der Waals surface area contributed by atoms with Gasteiger partial charge in [-0.15, -0.1) is 0 Å². The summed E-state index contributed by atoms with van der Waals surface area (Å²) in [6, 6.07) is 5.72. The Kier molecular flexibility index (Phi) is 2.82. The summed E-state index contributed by atoms with van der Waals surface area (Å²) in [6.45, 7) is 4.33. The van der Waals surface area contributed by atoms with Crippen LogP contribution in [0.3, 0.4) is 0 Å². The van der Waals surface area contributed by atoms with Gasteiger partial charge in [0.15, 0.2) is 0 Å². The van der Waals surface area contributed by atoms with E-state index in [1.807, 2.05) is 12.1 Å². The molecule has 0 saturated heterocycles. The van der Waals surface area contributed by atoms with Crippen LogP contribution in [0.5, 0.6) is 0 Å². The minimum atomic E-state index is 0.488. The monoisotopic (exact) mass is 160 g/mol. The molecule has 12 heavy (non-hydrogen) atoms. The molecule has 1 aromatic heterocycles. The summed E-state index contributed by atoms with van der Waals surface area (Å²) in [6.07, 6.45) is 2.80. The summed E-state index contributed by atoms with van der Waals surface area (Å²) in [4.78, 5) is 3.99. The lowest BCUT2D eigenvalue weighted by atomic mass is 10.0. The van der Waals surface area contributed by atoms with E-state index in [9.17, 15) is 0 Å². The van der Waals surface area contributed by atoms with Gasteiger partial charge in [-0.2, -0.15) is 5.26 Å². The maximum Gasteiger partial charge on any atom is 0.140 e. The summed E-state index contributed by atoms with van der Waals surface area (Å²) < 4.78 is 0. The van der Waals surface area contributed by atoms with Gasteiger partial charge in [0.25, 0.3) is 0 Å². The molecule has 0 saturated carbocycles. The lowest BCUT2D eigenvalue weighted by molar-refractivity contribution is 0.645. The third kappa shape index (κ3) is 2.35. The molecule has 0 unspecified atom stereocenters. The highest BCUT2D eigenvalue weighted by Gasteiger charge is 1.97. The molecule has 1 aromatic rings. The second-order valence-electron chi connectivity index (χ2n) is 3.26. The first kappa shape index (κ1) is 8.73. The minimum absolute atomic E-state index is 0.488. The van der Waals surface area contributed by atoms with Crippen molar-refractivity contribution >= 4 is 0 Å². The van der Waals surface area contributed by atoms with E-state index in [1.54, 1.807) is 12.3 Å². The molecule has 0 aliphatic rings. The van der Waals surface area contributed by atoms with Crippen molar-refractivity contribution in [3.8, 4) is 6.07 Å². The summed E-state index contributed by atoms with van der Waals surface area (Å²) in [5.41, 5.74) is 1.69. The summed E-state index contributed by atoms with van der Waals surface area (Å²) in [5, 5.41) is 8.50. The van der Waals surface area contributed by atoms with Gasteiger partial charge in [-0.3, -0.25) is 0 Å². The molecule has 0 fully saturated rings. The Morgan fingerprint density at radius 3 is 2.67 bits per heavy atom. The van der Waals surface area contributed by atoms with E-state index in [0.29, 0.717) is 11.6 Å². The molecule has 1 rings (SSSR count). The van der Waals surface area contributed by atoms with Crippen LogP contribution < -0.4 is 0 Å². The quantitative estimate of drug-likeness (QED) is 0.664. The highest BCUT2D eigenvalue weighted by Crippen LogP contribution is 2.06. The van der Waals surface area contributed by atoms with Crippen LogP contribution in [0, 0.1) is 17.2 Å². The van der Waals surface area contributed by atoms with Crippen molar-refractivity contribution in [1.29, 1.82) is 5.26 Å². The van der Waals surface area contributed by atoms with Crippen LogP contribution in [0.1, 0.15) is 25.1 Å². The maximum absolute atomic E-state index is 8.50. The fraction of sp³-hybridized carbons (Fsp3) is 0.400. The number of hydrogen-bond donors (Lipinski definition) is 0.